The lowest BCUT2D eigenvalue weighted by Crippen LogP contribution is -2.64. The standard InChI is InChI=1S/C48H68O14/c1-26(2)12-16-35(51)27(3)48(56)38(23-34-32-15-14-30-22-31(50)18-20-46(30,5)33(32)19-21-47(34,48)6)60-45-43(59-28(4)49)41(37(53)25-58-45)62-44-42(40(55)36(52)24-57-44)61-39(54)17-13-29-10-8-7-9-11-29/h7-11,13-14,17,26-27,31-34,36-38,40-45,50,52-53,55-56H,12,15-16,18-25H2,1-6H3/b17-13+/t27-,31+,32-,33?,34+,36?,37?,38+,40?,41?,42?,43?,44?,45?,46+,47+,48-/m1/s1. The van der Waals surface area contributed by atoms with E-state index in [0.29, 0.717) is 38.0 Å². The van der Waals surface area contributed by atoms with E-state index in [-0.39, 0.29) is 41.7 Å². The molecule has 2 heterocycles. The highest BCUT2D eigenvalue weighted by Gasteiger charge is 2.70. The van der Waals surface area contributed by atoms with Crippen LogP contribution in [0.1, 0.15) is 105 Å². The van der Waals surface area contributed by atoms with Crippen LogP contribution in [0.5, 0.6) is 0 Å². The molecule has 7 rings (SSSR count). The molecule has 17 atom stereocenters. The van der Waals surface area contributed by atoms with E-state index in [2.05, 4.69) is 33.8 Å². The lowest BCUT2D eigenvalue weighted by Gasteiger charge is -2.59. The molecule has 62 heavy (non-hydrogen) atoms. The van der Waals surface area contributed by atoms with Crippen molar-refractivity contribution in [2.45, 2.75) is 166 Å². The maximum absolute atomic E-state index is 14.1. The first-order valence-electron chi connectivity index (χ1n) is 22.7. The number of allylic oxidation sites excluding steroid dienone is 1. The Labute approximate surface area is 364 Å². The fourth-order valence-electron chi connectivity index (χ4n) is 12.1. The third-order valence-corrected chi connectivity index (χ3v) is 15.6. The van der Waals surface area contributed by atoms with Gasteiger partial charge in [0, 0.05) is 30.8 Å². The molecule has 344 valence electrons. The number of fused-ring (bicyclic) bond motifs is 5. The Bertz CT molecular complexity index is 1820. The first-order valence-corrected chi connectivity index (χ1v) is 22.7. The third kappa shape index (κ3) is 8.97. The molecule has 14 heteroatoms. The van der Waals surface area contributed by atoms with Crippen molar-refractivity contribution in [2.75, 3.05) is 13.2 Å². The van der Waals surface area contributed by atoms with E-state index >= 15 is 0 Å². The number of carbonyl (C=O) groups is 3. The van der Waals surface area contributed by atoms with E-state index in [9.17, 15) is 39.9 Å². The molecule has 5 N–H and O–H groups in total. The molecule has 2 saturated heterocycles. The van der Waals surface area contributed by atoms with Gasteiger partial charge in [-0.05, 0) is 92.1 Å². The van der Waals surface area contributed by atoms with Crippen LogP contribution in [0.4, 0.5) is 0 Å². The number of aliphatic hydroxyl groups is 5. The van der Waals surface area contributed by atoms with Gasteiger partial charge in [0.25, 0.3) is 0 Å². The number of esters is 2. The Hall–Kier alpha value is -3.05. The zero-order chi connectivity index (χ0) is 44.7. The summed E-state index contributed by atoms with van der Waals surface area (Å²) in [5, 5.41) is 57.0. The van der Waals surface area contributed by atoms with Crippen molar-refractivity contribution in [2.24, 2.45) is 40.4 Å². The van der Waals surface area contributed by atoms with Crippen LogP contribution in [0, 0.1) is 40.4 Å². The number of Topliss-reactive ketones (excluding diaryl/α,β-unsaturated/α-hetero) is 1. The van der Waals surface area contributed by atoms with Crippen LogP contribution >= 0.6 is 0 Å². The predicted octanol–water partition coefficient (Wildman–Crippen LogP) is 4.42. The highest BCUT2D eigenvalue weighted by atomic mass is 16.8. The zero-order valence-electron chi connectivity index (χ0n) is 37.0. The Balaban J connectivity index is 1.17. The molecule has 0 radical (unpaired) electrons. The molecule has 5 fully saturated rings. The summed E-state index contributed by atoms with van der Waals surface area (Å²) in [4.78, 5) is 40.0. The molecule has 0 amide bonds. The molecule has 0 spiro atoms. The van der Waals surface area contributed by atoms with Crippen LogP contribution in [0.3, 0.4) is 0 Å². The lowest BCUT2D eigenvalue weighted by atomic mass is 9.46. The Morgan fingerprint density at radius 3 is 2.26 bits per heavy atom. The van der Waals surface area contributed by atoms with Crippen molar-refractivity contribution >= 4 is 23.8 Å². The number of benzene rings is 1. The topological polar surface area (TPSA) is 208 Å². The van der Waals surface area contributed by atoms with Gasteiger partial charge in [-0.25, -0.2) is 4.79 Å². The minimum Gasteiger partial charge on any atom is -0.454 e. The lowest BCUT2D eigenvalue weighted by molar-refractivity contribution is -0.346. The highest BCUT2D eigenvalue weighted by molar-refractivity contribution is 5.87. The molecule has 1 aromatic rings. The third-order valence-electron chi connectivity index (χ3n) is 15.6. The molecule has 6 aliphatic rings. The second-order valence-electron chi connectivity index (χ2n) is 19.8. The number of rotatable bonds is 13. The van der Waals surface area contributed by atoms with E-state index in [1.807, 2.05) is 6.07 Å². The normalized spacial score (nSPS) is 42.3. The summed E-state index contributed by atoms with van der Waals surface area (Å²) >= 11 is 0. The molecule has 4 aliphatic carbocycles. The van der Waals surface area contributed by atoms with E-state index in [1.165, 1.54) is 18.6 Å². The summed E-state index contributed by atoms with van der Waals surface area (Å²) in [6.45, 7) is 10.8. The second kappa shape index (κ2) is 18.8. The maximum atomic E-state index is 14.1. The first-order chi connectivity index (χ1) is 29.4. The number of aliphatic hydroxyl groups excluding tert-OH is 4. The van der Waals surface area contributed by atoms with Crippen LogP contribution in [0.25, 0.3) is 6.08 Å². The summed E-state index contributed by atoms with van der Waals surface area (Å²) in [6, 6.07) is 9.01. The molecule has 0 bridgehead atoms. The summed E-state index contributed by atoms with van der Waals surface area (Å²) < 4.78 is 36.4. The molecular formula is C48H68O14. The van der Waals surface area contributed by atoms with Gasteiger partial charge < -0.3 is 54.0 Å². The van der Waals surface area contributed by atoms with Crippen LogP contribution in [-0.4, -0.2) is 123 Å². The van der Waals surface area contributed by atoms with E-state index in [4.69, 9.17) is 28.4 Å². The van der Waals surface area contributed by atoms with E-state index < -0.39 is 90.8 Å². The van der Waals surface area contributed by atoms with Crippen molar-refractivity contribution < 1.29 is 68.3 Å². The van der Waals surface area contributed by atoms with Gasteiger partial charge in [-0.3, -0.25) is 9.59 Å². The van der Waals surface area contributed by atoms with Gasteiger partial charge in [0.1, 0.15) is 35.8 Å². The van der Waals surface area contributed by atoms with Crippen molar-refractivity contribution in [3.05, 3.63) is 53.6 Å². The smallest absolute Gasteiger partial charge is 0.331 e. The fraction of sp³-hybridized carbons (Fsp3) is 0.729. The summed E-state index contributed by atoms with van der Waals surface area (Å²) in [7, 11) is 0. The summed E-state index contributed by atoms with van der Waals surface area (Å²) in [6.07, 6.45) is -2.27. The van der Waals surface area contributed by atoms with Crippen LogP contribution in [0.2, 0.25) is 0 Å². The van der Waals surface area contributed by atoms with Crippen LogP contribution in [0.15, 0.2) is 48.1 Å². The average molecular weight is 869 g/mol. The molecule has 14 nitrogen and oxygen atoms in total. The van der Waals surface area contributed by atoms with Gasteiger partial charge in [-0.1, -0.05) is 76.6 Å². The van der Waals surface area contributed by atoms with Gasteiger partial charge >= 0.3 is 11.9 Å². The van der Waals surface area contributed by atoms with Crippen LogP contribution < -0.4 is 0 Å². The van der Waals surface area contributed by atoms with E-state index in [1.54, 1.807) is 31.2 Å². The van der Waals surface area contributed by atoms with Crippen molar-refractivity contribution in [3.63, 3.8) is 0 Å². The number of hydrogen-bond donors (Lipinski definition) is 5. The maximum Gasteiger partial charge on any atom is 0.331 e. The highest BCUT2D eigenvalue weighted by Crippen LogP contribution is 2.69. The Kier molecular flexibility index (Phi) is 14.2. The average Bonchev–Trinajstić information content (AvgIpc) is 3.47. The quantitative estimate of drug-likeness (QED) is 0.106. The summed E-state index contributed by atoms with van der Waals surface area (Å²) in [5.74, 6) is -1.77. The van der Waals surface area contributed by atoms with Gasteiger partial charge in [0.15, 0.2) is 24.8 Å². The van der Waals surface area contributed by atoms with Gasteiger partial charge in [-0.15, -0.1) is 0 Å². The monoisotopic (exact) mass is 868 g/mol. The van der Waals surface area contributed by atoms with Crippen molar-refractivity contribution in [1.82, 2.24) is 0 Å². The Morgan fingerprint density at radius 2 is 1.56 bits per heavy atom. The second-order valence-corrected chi connectivity index (χ2v) is 19.8. The number of ketones is 1. The first kappa shape index (κ1) is 46.9. The molecule has 1 aromatic carbocycles. The van der Waals surface area contributed by atoms with E-state index in [0.717, 1.165) is 37.3 Å². The largest absolute Gasteiger partial charge is 0.454 e. The molecule has 3 saturated carbocycles. The Morgan fingerprint density at radius 1 is 0.871 bits per heavy atom. The molecule has 9 unspecified atom stereocenters. The number of carbonyl (C=O) groups excluding carboxylic acids is 3. The predicted molar refractivity (Wildman–Crippen MR) is 224 cm³/mol. The molecular weight excluding hydrogens is 801 g/mol. The van der Waals surface area contributed by atoms with Crippen molar-refractivity contribution in [3.8, 4) is 0 Å². The van der Waals surface area contributed by atoms with Gasteiger partial charge in [0.05, 0.1) is 25.4 Å². The number of ether oxygens (including phenoxy) is 6. The number of hydrogen-bond acceptors (Lipinski definition) is 14. The molecule has 2 aliphatic heterocycles. The zero-order valence-corrected chi connectivity index (χ0v) is 37.0. The van der Waals surface area contributed by atoms with Gasteiger partial charge in [-0.2, -0.15) is 0 Å². The minimum atomic E-state index is -1.67. The van der Waals surface area contributed by atoms with Crippen LogP contribution in [-0.2, 0) is 42.8 Å². The fourth-order valence-corrected chi connectivity index (χ4v) is 12.1. The van der Waals surface area contributed by atoms with Crippen molar-refractivity contribution in [1.29, 1.82) is 0 Å². The SMILES string of the molecule is CC(=O)OC1C(O[C@H]2C[C@H]3[C@@H]4CC=C5C[C@@H](O)CC[C@]5(C)C4CC[C@]3(C)[C@@]2(O)[C@H](C)C(=O)CCC(C)C)OCC(O)C1OC1OCC(O)C(O)C1OC(=O)/C=C/c1ccccc1. The summed E-state index contributed by atoms with van der Waals surface area (Å²) in [5.41, 5.74) is -0.462. The van der Waals surface area contributed by atoms with Gasteiger partial charge in [0.2, 0.25) is 0 Å². The minimum absolute atomic E-state index is 0.0542. The molecule has 0 aromatic heterocycles.